The number of sulfone groups is 1. The van der Waals surface area contributed by atoms with E-state index in [2.05, 4.69) is 15.0 Å². The lowest BCUT2D eigenvalue weighted by Gasteiger charge is -2.18. The molecule has 4 aromatic rings. The van der Waals surface area contributed by atoms with E-state index in [4.69, 9.17) is 23.2 Å². The molecule has 2 atom stereocenters. The summed E-state index contributed by atoms with van der Waals surface area (Å²) in [6.07, 6.45) is 3.91. The van der Waals surface area contributed by atoms with Crippen LogP contribution in [0, 0.1) is 25.5 Å². The molecule has 8 nitrogen and oxygen atoms in total. The maximum atomic E-state index is 16.0. The monoisotopic (exact) mass is 592 g/mol. The summed E-state index contributed by atoms with van der Waals surface area (Å²) in [5, 5.41) is -0.0279. The van der Waals surface area contributed by atoms with Gasteiger partial charge in [-0.2, -0.15) is 0 Å². The van der Waals surface area contributed by atoms with Gasteiger partial charge in [0.2, 0.25) is 0 Å². The SMILES string of the molecule is Cc1cnc(-c2cccc(S(C)(=O)=O)c2F)c(F)c1-n1c(C)cc([C@H]2C[C@@H]2c2nc(Cl)c[nH]c2=O)c(Cl)c1=O. The van der Waals surface area contributed by atoms with Gasteiger partial charge in [0.05, 0.1) is 5.69 Å². The number of benzene rings is 1. The molecule has 0 amide bonds. The Kier molecular flexibility index (Phi) is 6.72. The van der Waals surface area contributed by atoms with Gasteiger partial charge in [0, 0.05) is 35.8 Å². The van der Waals surface area contributed by atoms with Gasteiger partial charge in [-0.15, -0.1) is 0 Å². The number of rotatable bonds is 5. The predicted octanol–water partition coefficient (Wildman–Crippen LogP) is 4.86. The molecule has 5 rings (SSSR count). The Morgan fingerprint density at radius 2 is 1.82 bits per heavy atom. The fourth-order valence-electron chi connectivity index (χ4n) is 4.78. The Bertz CT molecular complexity index is 1910. The lowest BCUT2D eigenvalue weighted by atomic mass is 10.1. The van der Waals surface area contributed by atoms with Crippen LogP contribution in [0.5, 0.6) is 0 Å². The van der Waals surface area contributed by atoms with Crippen LogP contribution in [-0.4, -0.2) is 34.2 Å². The number of nitrogens with zero attached hydrogens (tertiary/aromatic N) is 3. The van der Waals surface area contributed by atoms with Crippen molar-refractivity contribution >= 4 is 33.0 Å². The molecule has 0 unspecified atom stereocenters. The van der Waals surface area contributed by atoms with E-state index in [9.17, 15) is 18.0 Å². The van der Waals surface area contributed by atoms with Gasteiger partial charge >= 0.3 is 0 Å². The summed E-state index contributed by atoms with van der Waals surface area (Å²) in [4.78, 5) is 35.8. The predicted molar refractivity (Wildman–Crippen MR) is 143 cm³/mol. The topological polar surface area (TPSA) is 115 Å². The third-order valence-electron chi connectivity index (χ3n) is 6.70. The van der Waals surface area contributed by atoms with Gasteiger partial charge in [-0.3, -0.25) is 19.1 Å². The highest BCUT2D eigenvalue weighted by Crippen LogP contribution is 2.54. The van der Waals surface area contributed by atoms with Gasteiger partial charge in [-0.25, -0.2) is 22.2 Å². The minimum Gasteiger partial charge on any atom is -0.324 e. The highest BCUT2D eigenvalue weighted by molar-refractivity contribution is 7.90. The number of aromatic nitrogens is 4. The van der Waals surface area contributed by atoms with E-state index < -0.39 is 37.6 Å². The number of aromatic amines is 1. The fraction of sp³-hybridized carbons (Fsp3) is 0.231. The number of hydrogen-bond acceptors (Lipinski definition) is 6. The molecule has 39 heavy (non-hydrogen) atoms. The van der Waals surface area contributed by atoms with Crippen molar-refractivity contribution in [2.75, 3.05) is 6.26 Å². The van der Waals surface area contributed by atoms with E-state index in [0.29, 0.717) is 17.7 Å². The van der Waals surface area contributed by atoms with Gasteiger partial charge in [0.25, 0.3) is 11.1 Å². The molecule has 0 spiro atoms. The summed E-state index contributed by atoms with van der Waals surface area (Å²) >= 11 is 12.4. The molecule has 1 aliphatic rings. The molecular formula is C26H20Cl2F2N4O4S. The molecule has 1 saturated carbocycles. The van der Waals surface area contributed by atoms with Crippen molar-refractivity contribution < 1.29 is 17.2 Å². The minimum atomic E-state index is -3.93. The summed E-state index contributed by atoms with van der Waals surface area (Å²) in [6.45, 7) is 3.12. The minimum absolute atomic E-state index is 0.130. The molecule has 13 heteroatoms. The van der Waals surface area contributed by atoms with Crippen LogP contribution < -0.4 is 11.1 Å². The Morgan fingerprint density at radius 1 is 1.10 bits per heavy atom. The van der Waals surface area contributed by atoms with Crippen molar-refractivity contribution in [3.63, 3.8) is 0 Å². The van der Waals surface area contributed by atoms with Gasteiger partial charge < -0.3 is 4.98 Å². The standard InChI is InChI=1S/C26H20Cl2F2N4O4S/c1-11-9-31-22(13-5-4-6-17(20(13)29)39(3,37)38)21(30)24(11)34-12(2)7-15(19(28)26(34)36)14-8-16(14)23-25(35)32-10-18(27)33-23/h4-7,9-10,14,16H,8H2,1-3H3,(H,32,35)/t14-,16+/m1/s1. The zero-order valence-corrected chi connectivity index (χ0v) is 23.0. The fourth-order valence-corrected chi connectivity index (χ4v) is 5.96. The number of H-pyrrole nitrogens is 1. The normalized spacial score (nSPS) is 16.9. The molecule has 0 saturated heterocycles. The van der Waals surface area contributed by atoms with Crippen LogP contribution in [0.25, 0.3) is 16.9 Å². The second-order valence-corrected chi connectivity index (χ2v) is 12.2. The lowest BCUT2D eigenvalue weighted by molar-refractivity contribution is 0.569. The Labute approximate surface area is 231 Å². The van der Waals surface area contributed by atoms with Gasteiger partial charge in [-0.1, -0.05) is 29.3 Å². The lowest BCUT2D eigenvalue weighted by Crippen LogP contribution is -2.25. The van der Waals surface area contributed by atoms with E-state index >= 15 is 8.78 Å². The molecule has 0 radical (unpaired) electrons. The van der Waals surface area contributed by atoms with Crippen LogP contribution in [0.4, 0.5) is 8.78 Å². The zero-order chi connectivity index (χ0) is 28.4. The molecule has 0 bridgehead atoms. The van der Waals surface area contributed by atoms with Crippen LogP contribution in [0.2, 0.25) is 10.2 Å². The van der Waals surface area contributed by atoms with Crippen molar-refractivity contribution in [2.24, 2.45) is 0 Å². The number of halogens is 4. The molecule has 0 aliphatic heterocycles. The highest BCUT2D eigenvalue weighted by atomic mass is 35.5. The van der Waals surface area contributed by atoms with Crippen molar-refractivity contribution in [2.45, 2.75) is 37.0 Å². The maximum Gasteiger partial charge on any atom is 0.274 e. The molecule has 1 N–H and O–H groups in total. The summed E-state index contributed by atoms with van der Waals surface area (Å²) in [5.74, 6) is -2.73. The van der Waals surface area contributed by atoms with Crippen LogP contribution in [-0.2, 0) is 9.84 Å². The third kappa shape index (κ3) is 4.68. The van der Waals surface area contributed by atoms with E-state index in [1.165, 1.54) is 31.5 Å². The second-order valence-electron chi connectivity index (χ2n) is 9.42. The molecule has 1 aromatic carbocycles. The molecule has 3 heterocycles. The van der Waals surface area contributed by atoms with Crippen molar-refractivity contribution in [1.82, 2.24) is 19.5 Å². The zero-order valence-electron chi connectivity index (χ0n) is 20.7. The van der Waals surface area contributed by atoms with E-state index in [-0.39, 0.29) is 50.1 Å². The first-order chi connectivity index (χ1) is 18.3. The van der Waals surface area contributed by atoms with Crippen molar-refractivity contribution in [3.8, 4) is 16.9 Å². The summed E-state index contributed by atoms with van der Waals surface area (Å²) < 4.78 is 56.2. The Morgan fingerprint density at radius 3 is 2.51 bits per heavy atom. The smallest absolute Gasteiger partial charge is 0.274 e. The second kappa shape index (κ2) is 9.65. The van der Waals surface area contributed by atoms with Crippen molar-refractivity contribution in [1.29, 1.82) is 0 Å². The third-order valence-corrected chi connectivity index (χ3v) is 8.39. The molecule has 1 fully saturated rings. The average molecular weight is 593 g/mol. The number of nitrogens with one attached hydrogen (secondary N) is 1. The van der Waals surface area contributed by atoms with Gasteiger partial charge in [0.1, 0.15) is 26.5 Å². The first-order valence-electron chi connectivity index (χ1n) is 11.6. The number of pyridine rings is 2. The van der Waals surface area contributed by atoms with Gasteiger partial charge in [-0.05, 0) is 55.5 Å². The maximum absolute atomic E-state index is 16.0. The molecule has 3 aromatic heterocycles. The number of hydrogen-bond donors (Lipinski definition) is 1. The summed E-state index contributed by atoms with van der Waals surface area (Å²) in [6, 6.07) is 5.20. The first-order valence-corrected chi connectivity index (χ1v) is 14.3. The Balaban J connectivity index is 1.63. The molecule has 1 aliphatic carbocycles. The van der Waals surface area contributed by atoms with Crippen LogP contribution in [0.3, 0.4) is 0 Å². The average Bonchev–Trinajstić information content (AvgIpc) is 3.65. The van der Waals surface area contributed by atoms with Crippen LogP contribution in [0.15, 0.2) is 51.1 Å². The highest BCUT2D eigenvalue weighted by Gasteiger charge is 2.44. The first kappa shape index (κ1) is 27.2. The Hall–Kier alpha value is -3.41. The van der Waals surface area contributed by atoms with Crippen LogP contribution in [0.1, 0.15) is 40.8 Å². The molecule has 202 valence electrons. The quantitative estimate of drug-likeness (QED) is 0.354. The largest absolute Gasteiger partial charge is 0.324 e. The molecular weight excluding hydrogens is 573 g/mol. The summed E-state index contributed by atoms with van der Waals surface area (Å²) in [5.41, 5.74) is -0.794. The van der Waals surface area contributed by atoms with Gasteiger partial charge in [0.15, 0.2) is 21.5 Å². The van der Waals surface area contributed by atoms with E-state index in [0.717, 1.165) is 16.9 Å². The van der Waals surface area contributed by atoms with Crippen LogP contribution >= 0.6 is 23.2 Å². The van der Waals surface area contributed by atoms with E-state index in [1.807, 2.05) is 0 Å². The summed E-state index contributed by atoms with van der Waals surface area (Å²) in [7, 11) is -3.93. The number of aryl methyl sites for hydroxylation is 2. The van der Waals surface area contributed by atoms with Crippen molar-refractivity contribution in [3.05, 3.63) is 102 Å². The van der Waals surface area contributed by atoms with E-state index in [1.54, 1.807) is 13.0 Å².